The molecule has 1 heterocycles. The smallest absolute Gasteiger partial charge is 0.0604 e. The van der Waals surface area contributed by atoms with E-state index in [0.29, 0.717) is 5.41 Å². The average molecular weight is 780 g/mol. The lowest BCUT2D eigenvalue weighted by atomic mass is 9.26. The van der Waals surface area contributed by atoms with Gasteiger partial charge in [0.15, 0.2) is 0 Å². The molecule has 6 unspecified atom stereocenters. The number of anilines is 3. The minimum atomic E-state index is 0.0811. The molecule has 0 amide bonds. The van der Waals surface area contributed by atoms with Crippen molar-refractivity contribution in [1.29, 1.82) is 0 Å². The first-order chi connectivity index (χ1) is 27.6. The van der Waals surface area contributed by atoms with Gasteiger partial charge in [0.2, 0.25) is 0 Å². The fourth-order valence-electron chi connectivity index (χ4n) is 15.0. The topological polar surface area (TPSA) is 3.24 Å². The van der Waals surface area contributed by atoms with Crippen LogP contribution in [0.15, 0.2) is 113 Å². The fraction of sp³-hybridized carbons (Fsp3) is 0.464. The molecule has 4 saturated carbocycles. The van der Waals surface area contributed by atoms with E-state index in [0.717, 1.165) is 23.7 Å². The molecule has 2 bridgehead atoms. The van der Waals surface area contributed by atoms with Crippen molar-refractivity contribution in [1.82, 2.24) is 0 Å². The van der Waals surface area contributed by atoms with Gasteiger partial charge in [-0.15, -0.1) is 0 Å². The van der Waals surface area contributed by atoms with Gasteiger partial charge in [-0.3, -0.25) is 0 Å². The summed E-state index contributed by atoms with van der Waals surface area (Å²) in [5.41, 5.74) is 17.3. The van der Waals surface area contributed by atoms with Gasteiger partial charge in [0.05, 0.1) is 5.69 Å². The van der Waals surface area contributed by atoms with Crippen LogP contribution < -0.4 is 4.90 Å². The van der Waals surface area contributed by atoms with Gasteiger partial charge >= 0.3 is 0 Å². The second kappa shape index (κ2) is 11.5. The molecule has 1 nitrogen and oxygen atoms in total. The SMILES string of the molecule is CC1(C)CCC(C)(C)c2cc(N(c3ccc4c(c3)C(C)(C)CCC4(C)C)c3cccc4c3Sc3ccc(-c5ccccc5)cc3C43C4CC5CC6CC3C64C5)ccc21. The fourth-order valence-corrected chi connectivity index (χ4v) is 16.3. The molecule has 2 spiro atoms. The standard InChI is InChI=1S/C56H61NS/c1-51(2)23-25-53(5,6)43-31-38(18-20-40(43)51)57(39-19-21-41-44(32-39)54(7,8)26-24-52(41,3)4)46-16-12-15-42-50(46)58-47-22-17-36(35-13-10-9-11-14-35)29-45(47)56(42)48-28-34-27-37-30-49(56)55(37,48)33-34/h9-22,29,31-32,34,37,48-49H,23-28,30,33H2,1-8H3. The van der Waals surface area contributed by atoms with Crippen LogP contribution in [0.2, 0.25) is 0 Å². The Morgan fingerprint density at radius 3 is 1.72 bits per heavy atom. The van der Waals surface area contributed by atoms with E-state index in [1.165, 1.54) is 112 Å². The number of nitrogens with zero attached hydrogens (tertiary/aromatic N) is 1. The zero-order valence-corrected chi connectivity index (χ0v) is 37.0. The number of fused-ring (bicyclic) bond motifs is 9. The van der Waals surface area contributed by atoms with Gasteiger partial charge in [0.1, 0.15) is 0 Å². The molecule has 0 radical (unpaired) electrons. The Hall–Kier alpha value is -3.75. The highest BCUT2D eigenvalue weighted by atomic mass is 32.2. The van der Waals surface area contributed by atoms with Crippen molar-refractivity contribution in [3.8, 4) is 11.1 Å². The average Bonchev–Trinajstić information content (AvgIpc) is 3.74. The molecule has 12 rings (SSSR count). The molecule has 5 aromatic rings. The first kappa shape index (κ1) is 36.1. The summed E-state index contributed by atoms with van der Waals surface area (Å²) in [6.07, 6.45) is 10.7. The van der Waals surface area contributed by atoms with Crippen LogP contribution in [-0.4, -0.2) is 0 Å². The van der Waals surface area contributed by atoms with Crippen molar-refractivity contribution in [2.45, 2.75) is 144 Å². The first-order valence-electron chi connectivity index (χ1n) is 22.8. The summed E-state index contributed by atoms with van der Waals surface area (Å²) in [7, 11) is 0. The molecule has 296 valence electrons. The van der Waals surface area contributed by atoms with E-state index in [2.05, 4.69) is 175 Å². The highest BCUT2D eigenvalue weighted by Gasteiger charge is 2.84. The zero-order chi connectivity index (χ0) is 39.8. The third-order valence-electron chi connectivity index (χ3n) is 18.1. The lowest BCUT2D eigenvalue weighted by Gasteiger charge is -2.78. The Morgan fingerprint density at radius 2 is 1.10 bits per heavy atom. The molecule has 6 atom stereocenters. The summed E-state index contributed by atoms with van der Waals surface area (Å²) in [5, 5.41) is 0. The highest BCUT2D eigenvalue weighted by Crippen LogP contribution is 2.89. The van der Waals surface area contributed by atoms with Crippen LogP contribution in [0.5, 0.6) is 0 Å². The quantitative estimate of drug-likeness (QED) is 0.179. The molecular formula is C56H61NS. The summed E-state index contributed by atoms with van der Waals surface area (Å²) < 4.78 is 0. The van der Waals surface area contributed by atoms with Gasteiger partial charge in [-0.1, -0.05) is 128 Å². The third kappa shape index (κ3) is 4.52. The van der Waals surface area contributed by atoms with Gasteiger partial charge in [0.25, 0.3) is 0 Å². The highest BCUT2D eigenvalue weighted by molar-refractivity contribution is 7.99. The van der Waals surface area contributed by atoms with Crippen molar-refractivity contribution in [3.63, 3.8) is 0 Å². The molecule has 58 heavy (non-hydrogen) atoms. The summed E-state index contributed by atoms with van der Waals surface area (Å²) >= 11 is 2.07. The summed E-state index contributed by atoms with van der Waals surface area (Å²) in [6.45, 7) is 19.8. The van der Waals surface area contributed by atoms with E-state index >= 15 is 0 Å². The van der Waals surface area contributed by atoms with Crippen molar-refractivity contribution in [3.05, 3.63) is 137 Å². The van der Waals surface area contributed by atoms with E-state index in [9.17, 15) is 0 Å². The molecular weight excluding hydrogens is 719 g/mol. The lowest BCUT2D eigenvalue weighted by molar-refractivity contribution is -0.235. The largest absolute Gasteiger partial charge is 0.309 e. The van der Waals surface area contributed by atoms with Crippen molar-refractivity contribution >= 4 is 28.8 Å². The maximum Gasteiger partial charge on any atom is 0.0604 e. The second-order valence-corrected chi connectivity index (χ2v) is 23.8. The molecule has 1 aliphatic heterocycles. The van der Waals surface area contributed by atoms with Crippen molar-refractivity contribution in [2.75, 3.05) is 4.90 Å². The van der Waals surface area contributed by atoms with Crippen LogP contribution in [0.25, 0.3) is 11.1 Å². The molecule has 5 aromatic carbocycles. The Kier molecular flexibility index (Phi) is 7.19. The number of hydrogen-bond donors (Lipinski definition) is 0. The van der Waals surface area contributed by atoms with Crippen molar-refractivity contribution < 1.29 is 0 Å². The van der Waals surface area contributed by atoms with Crippen LogP contribution in [0.3, 0.4) is 0 Å². The van der Waals surface area contributed by atoms with E-state index in [1.807, 2.05) is 0 Å². The van der Waals surface area contributed by atoms with Gasteiger partial charge in [-0.25, -0.2) is 0 Å². The van der Waals surface area contributed by atoms with Crippen LogP contribution in [0.4, 0.5) is 17.1 Å². The predicted octanol–water partition coefficient (Wildman–Crippen LogP) is 15.3. The van der Waals surface area contributed by atoms with E-state index in [1.54, 1.807) is 11.1 Å². The monoisotopic (exact) mass is 779 g/mol. The van der Waals surface area contributed by atoms with Crippen LogP contribution >= 0.6 is 11.8 Å². The molecule has 4 fully saturated rings. The van der Waals surface area contributed by atoms with Gasteiger partial charge < -0.3 is 4.90 Å². The minimum absolute atomic E-state index is 0.0811. The molecule has 6 aliphatic carbocycles. The normalized spacial score (nSPS) is 31.5. The summed E-state index contributed by atoms with van der Waals surface area (Å²) in [6, 6.07) is 41.4. The van der Waals surface area contributed by atoms with Crippen LogP contribution in [0, 0.1) is 29.1 Å². The second-order valence-electron chi connectivity index (χ2n) is 22.7. The Labute approximate surface area is 352 Å². The number of benzene rings is 5. The van der Waals surface area contributed by atoms with Crippen LogP contribution in [0.1, 0.15) is 140 Å². The summed E-state index contributed by atoms with van der Waals surface area (Å²) in [5.74, 6) is 3.36. The molecule has 7 aliphatic rings. The first-order valence-corrected chi connectivity index (χ1v) is 23.6. The Balaban J connectivity index is 1.10. The van der Waals surface area contributed by atoms with Gasteiger partial charge in [0, 0.05) is 26.6 Å². The predicted molar refractivity (Wildman–Crippen MR) is 243 cm³/mol. The minimum Gasteiger partial charge on any atom is -0.309 e. The molecule has 0 N–H and O–H groups in total. The maximum atomic E-state index is 2.71. The van der Waals surface area contributed by atoms with Gasteiger partial charge in [-0.2, -0.15) is 0 Å². The zero-order valence-electron chi connectivity index (χ0n) is 36.1. The molecule has 2 heteroatoms. The number of hydrogen-bond acceptors (Lipinski definition) is 2. The molecule has 0 saturated heterocycles. The van der Waals surface area contributed by atoms with Gasteiger partial charge in [-0.05, 0) is 189 Å². The molecule has 0 aromatic heterocycles. The Morgan fingerprint density at radius 1 is 0.500 bits per heavy atom. The van der Waals surface area contributed by atoms with E-state index in [-0.39, 0.29) is 27.1 Å². The van der Waals surface area contributed by atoms with E-state index < -0.39 is 0 Å². The maximum absolute atomic E-state index is 2.71. The van der Waals surface area contributed by atoms with Crippen LogP contribution in [-0.2, 0) is 27.1 Å². The summed E-state index contributed by atoms with van der Waals surface area (Å²) in [4.78, 5) is 5.69. The third-order valence-corrected chi connectivity index (χ3v) is 19.3. The van der Waals surface area contributed by atoms with Crippen molar-refractivity contribution in [2.24, 2.45) is 29.1 Å². The number of rotatable bonds is 4. The Bertz CT molecular complexity index is 2480. The lowest BCUT2D eigenvalue weighted by Crippen LogP contribution is -2.74. The van der Waals surface area contributed by atoms with E-state index in [4.69, 9.17) is 0 Å².